The molecule has 1 aromatic carbocycles. The third-order valence-corrected chi connectivity index (χ3v) is 4.76. The first-order valence-corrected chi connectivity index (χ1v) is 9.05. The van der Waals surface area contributed by atoms with Crippen LogP contribution in [-0.4, -0.2) is 42.8 Å². The lowest BCUT2D eigenvalue weighted by Crippen LogP contribution is -2.42. The van der Waals surface area contributed by atoms with E-state index in [-0.39, 0.29) is 31.1 Å². The number of nitrogens with zero attached hydrogens (tertiary/aromatic N) is 1. The molecule has 1 amide bonds. The highest BCUT2D eigenvalue weighted by molar-refractivity contribution is 5.95. The van der Waals surface area contributed by atoms with Crippen LogP contribution in [0.4, 0.5) is 0 Å². The lowest BCUT2D eigenvalue weighted by molar-refractivity contribution is -0.143. The zero-order valence-electron chi connectivity index (χ0n) is 14.7. The van der Waals surface area contributed by atoms with Crippen molar-refractivity contribution in [3.63, 3.8) is 0 Å². The Kier molecular flexibility index (Phi) is 5.79. The summed E-state index contributed by atoms with van der Waals surface area (Å²) in [6.45, 7) is 2.71. The minimum Gasteiger partial charge on any atom is -0.466 e. The maximum absolute atomic E-state index is 13.1. The van der Waals surface area contributed by atoms with Gasteiger partial charge in [-0.3, -0.25) is 9.59 Å². The molecule has 1 aliphatic heterocycles. The zero-order valence-corrected chi connectivity index (χ0v) is 14.7. The molecular formula is C19H25NO5. The lowest BCUT2D eigenvalue weighted by atomic mass is 9.93. The largest absolute Gasteiger partial charge is 0.466 e. The molecule has 25 heavy (non-hydrogen) atoms. The van der Waals surface area contributed by atoms with Gasteiger partial charge < -0.3 is 19.1 Å². The second kappa shape index (κ2) is 8.23. The molecule has 0 aromatic heterocycles. The Morgan fingerprint density at radius 2 is 1.92 bits per heavy atom. The molecule has 3 rings (SSSR count). The molecular weight excluding hydrogens is 322 g/mol. The monoisotopic (exact) mass is 347 g/mol. The number of fused-ring (bicyclic) bond motifs is 1. The van der Waals surface area contributed by atoms with E-state index in [9.17, 15) is 9.59 Å². The first-order valence-electron chi connectivity index (χ1n) is 9.05. The number of carbonyl (C=O) groups is 2. The maximum Gasteiger partial charge on any atom is 0.307 e. The first-order chi connectivity index (χ1) is 12.2. The van der Waals surface area contributed by atoms with Crippen LogP contribution in [0, 0.1) is 0 Å². The molecule has 6 nitrogen and oxygen atoms in total. The van der Waals surface area contributed by atoms with Crippen LogP contribution < -0.4 is 9.47 Å². The summed E-state index contributed by atoms with van der Waals surface area (Å²) in [6.07, 6.45) is 5.64. The van der Waals surface area contributed by atoms with Crippen molar-refractivity contribution in [3.05, 3.63) is 23.8 Å². The first kappa shape index (κ1) is 17.6. The fourth-order valence-electron chi connectivity index (χ4n) is 3.48. The van der Waals surface area contributed by atoms with E-state index in [0.29, 0.717) is 30.2 Å². The zero-order chi connectivity index (χ0) is 17.6. The fraction of sp³-hybridized carbons (Fsp3) is 0.579. The Morgan fingerprint density at radius 3 is 2.68 bits per heavy atom. The second-order valence-electron chi connectivity index (χ2n) is 6.41. The van der Waals surface area contributed by atoms with Crippen molar-refractivity contribution in [2.75, 3.05) is 19.9 Å². The topological polar surface area (TPSA) is 65.1 Å². The molecule has 0 bridgehead atoms. The highest BCUT2D eigenvalue weighted by atomic mass is 16.7. The molecule has 1 aromatic rings. The van der Waals surface area contributed by atoms with Crippen LogP contribution in [0.25, 0.3) is 0 Å². The summed E-state index contributed by atoms with van der Waals surface area (Å²) in [6, 6.07) is 5.43. The van der Waals surface area contributed by atoms with Gasteiger partial charge in [0.05, 0.1) is 13.0 Å². The number of hydrogen-bond donors (Lipinski definition) is 0. The summed E-state index contributed by atoms with van der Waals surface area (Å²) in [5.74, 6) is 0.934. The summed E-state index contributed by atoms with van der Waals surface area (Å²) in [5, 5.41) is 0. The van der Waals surface area contributed by atoms with Gasteiger partial charge in [0.25, 0.3) is 5.91 Å². The van der Waals surface area contributed by atoms with Crippen LogP contribution in [0.3, 0.4) is 0 Å². The Bertz CT molecular complexity index is 624. The number of ether oxygens (including phenoxy) is 3. The molecule has 0 spiro atoms. The average molecular weight is 347 g/mol. The minimum absolute atomic E-state index is 0.0606. The van der Waals surface area contributed by atoms with Crippen LogP contribution >= 0.6 is 0 Å². The van der Waals surface area contributed by atoms with Gasteiger partial charge in [0.15, 0.2) is 11.5 Å². The van der Waals surface area contributed by atoms with Crippen molar-refractivity contribution in [2.45, 2.75) is 51.5 Å². The highest BCUT2D eigenvalue weighted by Crippen LogP contribution is 2.33. The molecule has 2 aliphatic rings. The van der Waals surface area contributed by atoms with Gasteiger partial charge in [-0.05, 0) is 38.0 Å². The van der Waals surface area contributed by atoms with Gasteiger partial charge in [-0.25, -0.2) is 0 Å². The van der Waals surface area contributed by atoms with Gasteiger partial charge in [0.2, 0.25) is 6.79 Å². The van der Waals surface area contributed by atoms with Gasteiger partial charge in [-0.2, -0.15) is 0 Å². The van der Waals surface area contributed by atoms with Gasteiger partial charge in [-0.15, -0.1) is 0 Å². The van der Waals surface area contributed by atoms with Crippen LogP contribution in [0.1, 0.15) is 55.8 Å². The van der Waals surface area contributed by atoms with E-state index in [2.05, 4.69) is 0 Å². The van der Waals surface area contributed by atoms with Gasteiger partial charge >= 0.3 is 5.97 Å². The molecule has 6 heteroatoms. The third kappa shape index (κ3) is 4.24. The molecule has 0 atom stereocenters. The summed E-state index contributed by atoms with van der Waals surface area (Å²) >= 11 is 0. The summed E-state index contributed by atoms with van der Waals surface area (Å²) < 4.78 is 15.7. The van der Waals surface area contributed by atoms with E-state index in [1.165, 1.54) is 6.42 Å². The predicted molar refractivity (Wildman–Crippen MR) is 91.7 cm³/mol. The minimum atomic E-state index is -0.262. The Labute approximate surface area is 148 Å². The van der Waals surface area contributed by atoms with Gasteiger partial charge in [0, 0.05) is 18.2 Å². The molecule has 1 aliphatic carbocycles. The number of rotatable bonds is 6. The number of amides is 1. The Hall–Kier alpha value is -2.24. The summed E-state index contributed by atoms with van der Waals surface area (Å²) in [7, 11) is 0. The lowest BCUT2D eigenvalue weighted by Gasteiger charge is -2.34. The number of carbonyl (C=O) groups excluding carboxylic acids is 2. The molecule has 136 valence electrons. The Morgan fingerprint density at radius 1 is 1.16 bits per heavy atom. The predicted octanol–water partition coefficient (Wildman–Crippen LogP) is 3.14. The Balaban J connectivity index is 1.74. The van der Waals surface area contributed by atoms with Crippen molar-refractivity contribution >= 4 is 11.9 Å². The van der Waals surface area contributed by atoms with E-state index in [0.717, 1.165) is 25.7 Å². The van der Waals surface area contributed by atoms with Crippen molar-refractivity contribution < 1.29 is 23.8 Å². The van der Waals surface area contributed by atoms with Crippen LogP contribution in [0.5, 0.6) is 11.5 Å². The van der Waals surface area contributed by atoms with Crippen molar-refractivity contribution in [1.29, 1.82) is 0 Å². The maximum atomic E-state index is 13.1. The van der Waals surface area contributed by atoms with Crippen LogP contribution in [0.2, 0.25) is 0 Å². The molecule has 0 unspecified atom stereocenters. The standard InChI is InChI=1S/C19H25NO5/c1-2-23-18(21)10-11-20(15-6-4-3-5-7-15)19(22)14-8-9-16-17(12-14)25-13-24-16/h8-9,12,15H,2-7,10-11,13H2,1H3. The summed E-state index contributed by atoms with van der Waals surface area (Å²) in [5.41, 5.74) is 0.568. The molecule has 0 N–H and O–H groups in total. The normalized spacial score (nSPS) is 16.5. The van der Waals surface area contributed by atoms with E-state index < -0.39 is 0 Å². The van der Waals surface area contributed by atoms with Crippen LogP contribution in [-0.2, 0) is 9.53 Å². The highest BCUT2D eigenvalue weighted by Gasteiger charge is 2.28. The summed E-state index contributed by atoms with van der Waals surface area (Å²) in [4.78, 5) is 26.7. The van der Waals surface area contributed by atoms with Gasteiger partial charge in [-0.1, -0.05) is 19.3 Å². The molecule has 1 fully saturated rings. The van der Waals surface area contributed by atoms with Crippen molar-refractivity contribution in [3.8, 4) is 11.5 Å². The molecule has 1 saturated carbocycles. The second-order valence-corrected chi connectivity index (χ2v) is 6.41. The molecule has 0 saturated heterocycles. The fourth-order valence-corrected chi connectivity index (χ4v) is 3.48. The quantitative estimate of drug-likeness (QED) is 0.740. The van der Waals surface area contributed by atoms with E-state index in [1.54, 1.807) is 25.1 Å². The molecule has 0 radical (unpaired) electrons. The average Bonchev–Trinajstić information content (AvgIpc) is 3.10. The SMILES string of the molecule is CCOC(=O)CCN(C(=O)c1ccc2c(c1)OCO2)C1CCCCC1. The number of esters is 1. The third-order valence-electron chi connectivity index (χ3n) is 4.76. The van der Waals surface area contributed by atoms with E-state index >= 15 is 0 Å². The van der Waals surface area contributed by atoms with E-state index in [1.807, 2.05) is 4.90 Å². The smallest absolute Gasteiger partial charge is 0.307 e. The van der Waals surface area contributed by atoms with Crippen molar-refractivity contribution in [1.82, 2.24) is 4.90 Å². The molecule has 1 heterocycles. The van der Waals surface area contributed by atoms with Crippen molar-refractivity contribution in [2.24, 2.45) is 0 Å². The van der Waals surface area contributed by atoms with Gasteiger partial charge in [0.1, 0.15) is 0 Å². The van der Waals surface area contributed by atoms with Crippen LogP contribution in [0.15, 0.2) is 18.2 Å². The number of benzene rings is 1. The number of hydrogen-bond acceptors (Lipinski definition) is 5. The van der Waals surface area contributed by atoms with E-state index in [4.69, 9.17) is 14.2 Å².